The van der Waals surface area contributed by atoms with E-state index in [1.165, 1.54) is 0 Å². The van der Waals surface area contributed by atoms with E-state index in [1.54, 1.807) is 0 Å². The third kappa shape index (κ3) is 6.68. The number of hydrogen-bond acceptors (Lipinski definition) is 8. The molecule has 1 fully saturated rings. The molecule has 0 aliphatic carbocycles. The largest absolute Gasteiger partial charge is 0.394 e. The molecule has 7 N–H and O–H groups in total. The van der Waals surface area contributed by atoms with Gasteiger partial charge in [0.1, 0.15) is 24.4 Å². The van der Waals surface area contributed by atoms with Crippen molar-refractivity contribution in [2.75, 3.05) is 26.3 Å². The molecule has 0 aromatic heterocycles. The van der Waals surface area contributed by atoms with Crippen LogP contribution >= 0.6 is 0 Å². The molecule has 136 valence electrons. The van der Waals surface area contributed by atoms with Crippen LogP contribution in [0.2, 0.25) is 0 Å². The molecule has 0 radical (unpaired) electrons. The Morgan fingerprint density at radius 1 is 1.13 bits per heavy atom. The maximum Gasteiger partial charge on any atom is 0.220 e. The maximum atomic E-state index is 11.5. The molecular weight excluding hydrogens is 308 g/mol. The van der Waals surface area contributed by atoms with Gasteiger partial charge in [-0.3, -0.25) is 4.79 Å². The molecule has 0 bridgehead atoms. The van der Waals surface area contributed by atoms with E-state index < -0.39 is 37.3 Å². The second-order valence-corrected chi connectivity index (χ2v) is 5.52. The number of nitrogens with one attached hydrogen (secondary N) is 1. The minimum absolute atomic E-state index is 0.0667. The second kappa shape index (κ2) is 10.9. The topological polar surface area (TPSA) is 154 Å². The van der Waals surface area contributed by atoms with Crippen molar-refractivity contribution in [2.24, 2.45) is 5.73 Å². The van der Waals surface area contributed by atoms with Crippen LogP contribution in [0.5, 0.6) is 0 Å². The first-order valence-corrected chi connectivity index (χ1v) is 7.90. The number of rotatable bonds is 10. The number of unbranched alkanes of at least 4 members (excludes halogenated alkanes) is 2. The number of aliphatic hydroxyl groups is 4. The zero-order valence-corrected chi connectivity index (χ0v) is 13.1. The highest BCUT2D eigenvalue weighted by atomic mass is 16.7. The predicted octanol–water partition coefficient (Wildman–Crippen LogP) is -2.56. The number of amides is 1. The summed E-state index contributed by atoms with van der Waals surface area (Å²) in [6, 6.07) is 0. The number of aliphatic hydroxyl groups excluding tert-OH is 4. The number of carbonyl (C=O) groups excluding carboxylic acids is 1. The summed E-state index contributed by atoms with van der Waals surface area (Å²) in [5, 5.41) is 40.7. The van der Waals surface area contributed by atoms with Gasteiger partial charge in [-0.15, -0.1) is 0 Å². The molecule has 1 aliphatic rings. The van der Waals surface area contributed by atoms with E-state index in [0.717, 1.165) is 19.3 Å². The lowest BCUT2D eigenvalue weighted by atomic mass is 9.99. The van der Waals surface area contributed by atoms with Crippen LogP contribution in [0.3, 0.4) is 0 Å². The average molecular weight is 336 g/mol. The van der Waals surface area contributed by atoms with Crippen molar-refractivity contribution in [3.8, 4) is 0 Å². The molecule has 1 heterocycles. The Labute approximate surface area is 135 Å². The molecule has 1 amide bonds. The Morgan fingerprint density at radius 3 is 2.52 bits per heavy atom. The third-order valence-electron chi connectivity index (χ3n) is 3.66. The number of carbonyl (C=O) groups is 1. The molecule has 0 spiro atoms. The van der Waals surface area contributed by atoms with Gasteiger partial charge in [0.25, 0.3) is 0 Å². The standard InChI is InChI=1S/C14H28N2O7/c15-5-3-1-2-4-10(18)16-6-7-22-14-13(21)12(20)11(19)9(8-17)23-14/h9,11-14,17,19-21H,1-8,15H2,(H,16,18)/t9-,11-,12+,13+,14+/m0/s1. The average Bonchev–Trinajstić information content (AvgIpc) is 2.55. The van der Waals surface area contributed by atoms with E-state index in [1.807, 2.05) is 0 Å². The van der Waals surface area contributed by atoms with Gasteiger partial charge >= 0.3 is 0 Å². The van der Waals surface area contributed by atoms with Crippen LogP contribution in [0.4, 0.5) is 0 Å². The molecule has 1 rings (SSSR count). The first kappa shape index (κ1) is 20.2. The smallest absolute Gasteiger partial charge is 0.220 e. The number of nitrogens with two attached hydrogens (primary N) is 1. The SMILES string of the molecule is NCCCCCC(=O)NCCO[C@@H]1O[C@@H](CO)[C@H](O)[C@@H](O)[C@H]1O. The lowest BCUT2D eigenvalue weighted by Crippen LogP contribution is -2.59. The van der Waals surface area contributed by atoms with Crippen LogP contribution in [0, 0.1) is 0 Å². The van der Waals surface area contributed by atoms with E-state index in [0.29, 0.717) is 13.0 Å². The first-order chi connectivity index (χ1) is 11.0. The van der Waals surface area contributed by atoms with Gasteiger partial charge in [-0.05, 0) is 19.4 Å². The Hall–Kier alpha value is -0.810. The molecule has 0 saturated carbocycles. The van der Waals surface area contributed by atoms with Crippen LogP contribution in [0.1, 0.15) is 25.7 Å². The summed E-state index contributed by atoms with van der Waals surface area (Å²) in [5.41, 5.74) is 5.37. The third-order valence-corrected chi connectivity index (χ3v) is 3.66. The van der Waals surface area contributed by atoms with Crippen molar-refractivity contribution >= 4 is 5.91 Å². The van der Waals surface area contributed by atoms with Crippen LogP contribution < -0.4 is 11.1 Å². The van der Waals surface area contributed by atoms with Gasteiger partial charge in [0.15, 0.2) is 6.29 Å². The minimum Gasteiger partial charge on any atom is -0.394 e. The van der Waals surface area contributed by atoms with Gasteiger partial charge in [-0.25, -0.2) is 0 Å². The normalized spacial score (nSPS) is 31.1. The minimum atomic E-state index is -1.47. The fourth-order valence-electron chi connectivity index (χ4n) is 2.27. The molecule has 1 aliphatic heterocycles. The summed E-state index contributed by atoms with van der Waals surface area (Å²) >= 11 is 0. The van der Waals surface area contributed by atoms with Crippen molar-refractivity contribution in [3.05, 3.63) is 0 Å². The van der Waals surface area contributed by atoms with E-state index in [2.05, 4.69) is 5.32 Å². The highest BCUT2D eigenvalue weighted by Crippen LogP contribution is 2.21. The van der Waals surface area contributed by atoms with Gasteiger partial charge in [-0.2, -0.15) is 0 Å². The highest BCUT2D eigenvalue weighted by Gasteiger charge is 2.43. The van der Waals surface area contributed by atoms with Crippen LogP contribution in [-0.2, 0) is 14.3 Å². The van der Waals surface area contributed by atoms with Crippen molar-refractivity contribution in [3.63, 3.8) is 0 Å². The van der Waals surface area contributed by atoms with E-state index in [-0.39, 0.29) is 19.1 Å². The van der Waals surface area contributed by atoms with Gasteiger partial charge < -0.3 is 41.0 Å². The van der Waals surface area contributed by atoms with Gasteiger partial charge in [-0.1, -0.05) is 6.42 Å². The Kier molecular flexibility index (Phi) is 9.56. The number of hydrogen-bond donors (Lipinski definition) is 6. The molecule has 23 heavy (non-hydrogen) atoms. The van der Waals surface area contributed by atoms with Crippen LogP contribution in [-0.4, -0.2) is 83.3 Å². The van der Waals surface area contributed by atoms with Crippen molar-refractivity contribution in [2.45, 2.75) is 56.4 Å². The first-order valence-electron chi connectivity index (χ1n) is 7.90. The maximum absolute atomic E-state index is 11.5. The van der Waals surface area contributed by atoms with Crippen molar-refractivity contribution in [1.29, 1.82) is 0 Å². The van der Waals surface area contributed by atoms with Crippen LogP contribution in [0.25, 0.3) is 0 Å². The second-order valence-electron chi connectivity index (χ2n) is 5.52. The molecule has 0 aromatic carbocycles. The Morgan fingerprint density at radius 2 is 1.87 bits per heavy atom. The quantitative estimate of drug-likeness (QED) is 0.238. The Bertz CT molecular complexity index is 343. The zero-order valence-electron chi connectivity index (χ0n) is 13.1. The lowest BCUT2D eigenvalue weighted by molar-refractivity contribution is -0.300. The van der Waals surface area contributed by atoms with E-state index in [9.17, 15) is 20.1 Å². The fourth-order valence-corrected chi connectivity index (χ4v) is 2.27. The van der Waals surface area contributed by atoms with Crippen molar-refractivity contribution in [1.82, 2.24) is 5.32 Å². The molecule has 1 saturated heterocycles. The lowest BCUT2D eigenvalue weighted by Gasteiger charge is -2.39. The summed E-state index contributed by atoms with van der Waals surface area (Å²) in [6.07, 6.45) is -3.50. The monoisotopic (exact) mass is 336 g/mol. The summed E-state index contributed by atoms with van der Waals surface area (Å²) in [5.74, 6) is -0.0978. The fraction of sp³-hybridized carbons (Fsp3) is 0.929. The van der Waals surface area contributed by atoms with Gasteiger partial charge in [0, 0.05) is 13.0 Å². The molecule has 9 heteroatoms. The number of ether oxygens (including phenoxy) is 2. The summed E-state index contributed by atoms with van der Waals surface area (Å²) in [6.45, 7) is 0.404. The van der Waals surface area contributed by atoms with Crippen LogP contribution in [0.15, 0.2) is 0 Å². The van der Waals surface area contributed by atoms with E-state index >= 15 is 0 Å². The highest BCUT2D eigenvalue weighted by molar-refractivity contribution is 5.75. The van der Waals surface area contributed by atoms with Gasteiger partial charge in [0.2, 0.25) is 5.91 Å². The molecular formula is C14H28N2O7. The molecule has 0 unspecified atom stereocenters. The van der Waals surface area contributed by atoms with E-state index in [4.69, 9.17) is 20.3 Å². The summed E-state index contributed by atoms with van der Waals surface area (Å²) in [4.78, 5) is 11.5. The molecule has 5 atom stereocenters. The summed E-state index contributed by atoms with van der Waals surface area (Å²) in [7, 11) is 0. The summed E-state index contributed by atoms with van der Waals surface area (Å²) < 4.78 is 10.4. The van der Waals surface area contributed by atoms with Crippen molar-refractivity contribution < 1.29 is 34.7 Å². The van der Waals surface area contributed by atoms with Gasteiger partial charge in [0.05, 0.1) is 13.2 Å². The molecule has 9 nitrogen and oxygen atoms in total. The Balaban J connectivity index is 2.20. The molecule has 0 aromatic rings. The predicted molar refractivity (Wildman–Crippen MR) is 80.3 cm³/mol. The zero-order chi connectivity index (χ0) is 17.2.